The van der Waals surface area contributed by atoms with Gasteiger partial charge in [0.2, 0.25) is 0 Å². The Kier molecular flexibility index (Phi) is 8.34. The zero-order valence-corrected chi connectivity index (χ0v) is 12.5. The average Bonchev–Trinajstić information content (AvgIpc) is 2.58. The van der Waals surface area contributed by atoms with Crippen molar-refractivity contribution in [3.8, 4) is 0 Å². The van der Waals surface area contributed by atoms with Crippen LogP contribution in [0, 0.1) is 0 Å². The molecule has 0 aromatic rings. The lowest BCUT2D eigenvalue weighted by atomic mass is 10.00. The summed E-state index contributed by atoms with van der Waals surface area (Å²) < 4.78 is 9.15. The highest BCUT2D eigenvalue weighted by Crippen LogP contribution is 2.19. The molecular weight excluding hydrogens is 336 g/mol. The molecule has 0 unspecified atom stereocenters. The topological polar surface area (TPSA) is 221 Å². The molecule has 10 atom stereocenters. The summed E-state index contributed by atoms with van der Waals surface area (Å²) in [6.45, 7) is -1.05. The number of ether oxygens (including phenoxy) is 2. The molecule has 0 bridgehead atoms. The standard InChI is InChI=1S/2C6H12O6/c2*7-1-2-3(8)4(9)5(10)6(11)12-2/h2*2-11H,1H2/t2*2-,3-,4+,5+,6-/m10/s1. The van der Waals surface area contributed by atoms with Crippen molar-refractivity contribution >= 4 is 0 Å². The van der Waals surface area contributed by atoms with Crippen LogP contribution in [-0.2, 0) is 9.47 Å². The number of aliphatic hydroxyl groups excluding tert-OH is 10. The lowest BCUT2D eigenvalue weighted by molar-refractivity contribution is -0.286. The maximum absolute atomic E-state index is 9.12. The molecule has 2 aliphatic heterocycles. The molecule has 12 heteroatoms. The van der Waals surface area contributed by atoms with Crippen LogP contribution in [0.25, 0.3) is 0 Å². The molecule has 0 amide bonds. The molecule has 0 spiro atoms. The smallest absolute Gasteiger partial charge is 0.184 e. The van der Waals surface area contributed by atoms with Crippen molar-refractivity contribution in [2.75, 3.05) is 13.2 Å². The zero-order valence-electron chi connectivity index (χ0n) is 12.5. The molecule has 2 saturated heterocycles. The summed E-state index contributed by atoms with van der Waals surface area (Å²) in [6, 6.07) is 0. The number of hydrogen-bond donors (Lipinski definition) is 10. The summed E-state index contributed by atoms with van der Waals surface area (Å²) in [6.07, 6.45) is -14.1. The largest absolute Gasteiger partial charge is 0.394 e. The Hall–Kier alpha value is -0.480. The molecule has 0 aromatic carbocycles. The van der Waals surface area contributed by atoms with Gasteiger partial charge in [0.25, 0.3) is 0 Å². The van der Waals surface area contributed by atoms with E-state index in [1.807, 2.05) is 0 Å². The fraction of sp³-hybridized carbons (Fsp3) is 1.00. The van der Waals surface area contributed by atoms with E-state index in [2.05, 4.69) is 9.47 Å². The summed E-state index contributed by atoms with van der Waals surface area (Å²) in [5.74, 6) is 0. The van der Waals surface area contributed by atoms with Gasteiger partial charge in [0, 0.05) is 0 Å². The number of aliphatic hydroxyl groups is 10. The van der Waals surface area contributed by atoms with Crippen LogP contribution in [0.5, 0.6) is 0 Å². The monoisotopic (exact) mass is 360 g/mol. The first-order valence-corrected chi connectivity index (χ1v) is 7.12. The third-order valence-corrected chi connectivity index (χ3v) is 3.73. The van der Waals surface area contributed by atoms with Crippen LogP contribution >= 0.6 is 0 Å². The molecule has 0 aromatic heterocycles. The maximum atomic E-state index is 9.12. The van der Waals surface area contributed by atoms with E-state index in [9.17, 15) is 0 Å². The van der Waals surface area contributed by atoms with E-state index in [-0.39, 0.29) is 0 Å². The SMILES string of the molecule is OC[C@@H]1O[C@H](O)[C@H](O)[C@H](O)[C@H]1O.OC[C@H]1O[C@@H](O)[C@@H](O)[C@@H](O)[C@@H]1O. The summed E-state index contributed by atoms with van der Waals surface area (Å²) in [7, 11) is 0. The van der Waals surface area contributed by atoms with Crippen LogP contribution in [0.1, 0.15) is 0 Å². The Labute approximate surface area is 136 Å². The van der Waals surface area contributed by atoms with Crippen LogP contribution in [0.3, 0.4) is 0 Å². The Balaban J connectivity index is 0.000000240. The lowest BCUT2D eigenvalue weighted by Gasteiger charge is -2.37. The molecular formula is C12H24O12. The van der Waals surface area contributed by atoms with Gasteiger partial charge in [-0.3, -0.25) is 0 Å². The Bertz CT molecular complexity index is 326. The molecule has 0 radical (unpaired) electrons. The first kappa shape index (κ1) is 21.6. The van der Waals surface area contributed by atoms with Crippen molar-refractivity contribution < 1.29 is 60.5 Å². The minimum Gasteiger partial charge on any atom is -0.394 e. The normalized spacial score (nSPS) is 49.2. The predicted molar refractivity (Wildman–Crippen MR) is 72.0 cm³/mol. The molecule has 144 valence electrons. The second-order valence-corrected chi connectivity index (χ2v) is 5.44. The van der Waals surface area contributed by atoms with Crippen molar-refractivity contribution in [1.29, 1.82) is 0 Å². The molecule has 2 heterocycles. The fourth-order valence-corrected chi connectivity index (χ4v) is 2.16. The van der Waals surface area contributed by atoms with E-state index >= 15 is 0 Å². The fourth-order valence-electron chi connectivity index (χ4n) is 2.16. The van der Waals surface area contributed by atoms with Crippen LogP contribution in [-0.4, -0.2) is 126 Å². The van der Waals surface area contributed by atoms with E-state index in [1.54, 1.807) is 0 Å². The summed E-state index contributed by atoms with van der Waals surface area (Å²) in [4.78, 5) is 0. The second kappa shape index (κ2) is 9.28. The van der Waals surface area contributed by atoms with Gasteiger partial charge in [0.15, 0.2) is 12.6 Å². The van der Waals surface area contributed by atoms with Gasteiger partial charge in [-0.05, 0) is 0 Å². The summed E-state index contributed by atoms with van der Waals surface area (Å²) in [5, 5.41) is 89.3. The quantitative estimate of drug-likeness (QED) is 0.222. The molecule has 0 aliphatic carbocycles. The highest BCUT2D eigenvalue weighted by atomic mass is 16.6. The van der Waals surface area contributed by atoms with Gasteiger partial charge in [-0.15, -0.1) is 0 Å². The molecule has 2 rings (SSSR count). The summed E-state index contributed by atoms with van der Waals surface area (Å²) in [5.41, 5.74) is 0. The van der Waals surface area contributed by atoms with Crippen molar-refractivity contribution in [3.63, 3.8) is 0 Å². The Morgan fingerprint density at radius 3 is 1.00 bits per heavy atom. The molecule has 2 aliphatic rings. The maximum Gasteiger partial charge on any atom is 0.184 e. The van der Waals surface area contributed by atoms with Crippen molar-refractivity contribution in [2.24, 2.45) is 0 Å². The van der Waals surface area contributed by atoms with Gasteiger partial charge in [-0.2, -0.15) is 0 Å². The van der Waals surface area contributed by atoms with Crippen molar-refractivity contribution in [2.45, 2.75) is 61.4 Å². The third kappa shape index (κ3) is 4.78. The molecule has 2 fully saturated rings. The summed E-state index contributed by atoms with van der Waals surface area (Å²) >= 11 is 0. The van der Waals surface area contributed by atoms with Gasteiger partial charge in [-0.1, -0.05) is 0 Å². The van der Waals surface area contributed by atoms with Crippen molar-refractivity contribution in [3.05, 3.63) is 0 Å². The van der Waals surface area contributed by atoms with Gasteiger partial charge in [0.1, 0.15) is 48.8 Å². The zero-order chi connectivity index (χ0) is 18.6. The van der Waals surface area contributed by atoms with Crippen molar-refractivity contribution in [1.82, 2.24) is 0 Å². The lowest BCUT2D eigenvalue weighted by Crippen LogP contribution is -2.58. The van der Waals surface area contributed by atoms with E-state index < -0.39 is 74.6 Å². The average molecular weight is 360 g/mol. The van der Waals surface area contributed by atoms with Gasteiger partial charge < -0.3 is 60.5 Å². The Morgan fingerprint density at radius 1 is 0.458 bits per heavy atom. The molecule has 24 heavy (non-hydrogen) atoms. The number of hydrogen-bond acceptors (Lipinski definition) is 12. The van der Waals surface area contributed by atoms with E-state index in [4.69, 9.17) is 51.1 Å². The Morgan fingerprint density at radius 2 is 0.750 bits per heavy atom. The minimum atomic E-state index is -1.57. The first-order chi connectivity index (χ1) is 11.1. The van der Waals surface area contributed by atoms with Crippen LogP contribution < -0.4 is 0 Å². The molecule has 12 nitrogen and oxygen atoms in total. The molecule has 10 N–H and O–H groups in total. The minimum absolute atomic E-state index is 0.526. The van der Waals surface area contributed by atoms with Crippen LogP contribution in [0.4, 0.5) is 0 Å². The van der Waals surface area contributed by atoms with Crippen LogP contribution in [0.2, 0.25) is 0 Å². The first-order valence-electron chi connectivity index (χ1n) is 7.12. The van der Waals surface area contributed by atoms with E-state index in [1.165, 1.54) is 0 Å². The highest BCUT2D eigenvalue weighted by Gasteiger charge is 2.43. The van der Waals surface area contributed by atoms with Crippen LogP contribution in [0.15, 0.2) is 0 Å². The number of rotatable bonds is 2. The second-order valence-electron chi connectivity index (χ2n) is 5.44. The third-order valence-electron chi connectivity index (χ3n) is 3.73. The highest BCUT2D eigenvalue weighted by molar-refractivity contribution is 4.88. The van der Waals surface area contributed by atoms with E-state index in [0.29, 0.717) is 0 Å². The van der Waals surface area contributed by atoms with E-state index in [0.717, 1.165) is 0 Å². The van der Waals surface area contributed by atoms with Gasteiger partial charge in [0.05, 0.1) is 13.2 Å². The van der Waals surface area contributed by atoms with Gasteiger partial charge in [-0.25, -0.2) is 0 Å². The molecule has 0 saturated carbocycles. The predicted octanol–water partition coefficient (Wildman–Crippen LogP) is -6.44. The van der Waals surface area contributed by atoms with Gasteiger partial charge >= 0.3 is 0 Å².